The molecule has 0 aromatic rings. The lowest BCUT2D eigenvalue weighted by Gasteiger charge is -2.43. The van der Waals surface area contributed by atoms with Crippen molar-refractivity contribution >= 4 is 5.78 Å². The minimum atomic E-state index is 0.583. The lowest BCUT2D eigenvalue weighted by atomic mass is 9.60. The normalized spacial score (nSPS) is 79.2. The summed E-state index contributed by atoms with van der Waals surface area (Å²) in [7, 11) is 0. The second-order valence-electron chi connectivity index (χ2n) is 5.74. The molecule has 0 radical (unpaired) electrons. The van der Waals surface area contributed by atoms with E-state index in [1.54, 1.807) is 0 Å². The molecule has 5 fully saturated rings. The van der Waals surface area contributed by atoms with Crippen LogP contribution >= 0.6 is 0 Å². The summed E-state index contributed by atoms with van der Waals surface area (Å²) in [6.07, 6.45) is 2.90. The Morgan fingerprint density at radius 3 is 2.50 bits per heavy atom. The van der Waals surface area contributed by atoms with Crippen molar-refractivity contribution < 1.29 is 4.79 Å². The van der Waals surface area contributed by atoms with Crippen molar-refractivity contribution in [3.05, 3.63) is 0 Å². The van der Waals surface area contributed by atoms with Crippen LogP contribution in [0.5, 0.6) is 0 Å². The number of Topliss-reactive ketones (excluding diaryl/α,β-unsaturated/α-hetero) is 1. The number of ketones is 1. The Bertz CT molecular complexity index is 315. The van der Waals surface area contributed by atoms with E-state index in [1.807, 2.05) is 0 Å². The number of carbonyl (C=O) groups excluding carboxylic acids is 1. The maximum Gasteiger partial charge on any atom is 0.140 e. The Balaban J connectivity index is 1.91. The molecule has 0 unspecified atom stereocenters. The molecule has 8 atom stereocenters. The van der Waals surface area contributed by atoms with E-state index in [2.05, 4.69) is 0 Å². The lowest BCUT2D eigenvalue weighted by Crippen LogP contribution is -2.44. The van der Waals surface area contributed by atoms with Crippen LogP contribution in [0.15, 0.2) is 0 Å². The van der Waals surface area contributed by atoms with Gasteiger partial charge in [0.15, 0.2) is 0 Å². The Morgan fingerprint density at radius 1 is 0.833 bits per heavy atom. The predicted octanol–water partition coefficient (Wildman–Crippen LogP) is 1.33. The van der Waals surface area contributed by atoms with E-state index in [-0.39, 0.29) is 0 Å². The summed E-state index contributed by atoms with van der Waals surface area (Å²) < 4.78 is 0. The summed E-state index contributed by atoms with van der Waals surface area (Å²) in [5, 5.41) is 0. The zero-order chi connectivity index (χ0) is 7.61. The van der Waals surface area contributed by atoms with Crippen molar-refractivity contribution in [2.75, 3.05) is 0 Å². The van der Waals surface area contributed by atoms with Crippen LogP contribution in [0.25, 0.3) is 0 Å². The molecule has 0 aromatic heterocycles. The molecule has 5 aliphatic carbocycles. The average Bonchev–Trinajstić information content (AvgIpc) is 2.47. The molecule has 0 saturated heterocycles. The smallest absolute Gasteiger partial charge is 0.140 e. The largest absolute Gasteiger partial charge is 0.299 e. The summed E-state index contributed by atoms with van der Waals surface area (Å²) in [5.74, 6) is 7.54. The molecule has 0 amide bonds. The molecular formula is C11H12O. The van der Waals surface area contributed by atoms with Gasteiger partial charge in [-0.15, -0.1) is 0 Å². The number of hydrogen-bond donors (Lipinski definition) is 0. The summed E-state index contributed by atoms with van der Waals surface area (Å²) in [6, 6.07) is 0. The molecule has 5 rings (SSSR count). The molecule has 1 nitrogen and oxygen atoms in total. The Hall–Kier alpha value is -0.330. The van der Waals surface area contributed by atoms with Crippen molar-refractivity contribution in [2.45, 2.75) is 12.8 Å². The maximum atomic E-state index is 11.9. The number of carbonyl (C=O) groups is 1. The van der Waals surface area contributed by atoms with Crippen LogP contribution in [0.3, 0.4) is 0 Å². The highest BCUT2D eigenvalue weighted by Crippen LogP contribution is 2.81. The van der Waals surface area contributed by atoms with E-state index < -0.39 is 0 Å². The van der Waals surface area contributed by atoms with Gasteiger partial charge in [0.2, 0.25) is 0 Å². The number of hydrogen-bond acceptors (Lipinski definition) is 1. The van der Waals surface area contributed by atoms with Crippen LogP contribution in [0.1, 0.15) is 12.8 Å². The van der Waals surface area contributed by atoms with Gasteiger partial charge in [0.25, 0.3) is 0 Å². The van der Waals surface area contributed by atoms with Crippen molar-refractivity contribution in [1.82, 2.24) is 0 Å². The summed E-state index contributed by atoms with van der Waals surface area (Å²) in [4.78, 5) is 11.9. The van der Waals surface area contributed by atoms with E-state index >= 15 is 0 Å². The summed E-state index contributed by atoms with van der Waals surface area (Å²) in [5.41, 5.74) is 0. The Labute approximate surface area is 71.5 Å². The third kappa shape index (κ3) is 0.272. The monoisotopic (exact) mass is 160 g/mol. The van der Waals surface area contributed by atoms with Gasteiger partial charge in [0.05, 0.1) is 0 Å². The van der Waals surface area contributed by atoms with E-state index in [4.69, 9.17) is 0 Å². The van der Waals surface area contributed by atoms with Crippen LogP contribution in [0, 0.1) is 47.3 Å². The third-order valence-electron chi connectivity index (χ3n) is 6.02. The minimum absolute atomic E-state index is 0.583. The lowest BCUT2D eigenvalue weighted by molar-refractivity contribution is -0.132. The first kappa shape index (κ1) is 5.41. The first-order valence-corrected chi connectivity index (χ1v) is 5.41. The molecule has 0 heterocycles. The quantitative estimate of drug-likeness (QED) is 0.522. The SMILES string of the molecule is O=C1[C@H]2[C@@H]3C[C@@H]4[C@H]1[C@@H]1[C@@H]2C[C@@H]3[C@H]41. The van der Waals surface area contributed by atoms with Crippen LogP contribution in [-0.2, 0) is 4.79 Å². The van der Waals surface area contributed by atoms with Crippen LogP contribution in [0.4, 0.5) is 0 Å². The standard InChI is InChI=1S/C11H12O/c12-11-8-4-2-5-7-3(4)1-6(8)9(7)10(5)11/h3-10H,1-2H2/t3-,4+,5-,6+,7+,8-,9+,10-/m0/s1. The first-order chi connectivity index (χ1) is 5.88. The average molecular weight is 160 g/mol. The molecule has 2 bridgehead atoms. The van der Waals surface area contributed by atoms with Crippen LogP contribution in [-0.4, -0.2) is 5.78 Å². The van der Waals surface area contributed by atoms with Crippen molar-refractivity contribution in [1.29, 1.82) is 0 Å². The highest BCUT2D eigenvalue weighted by Gasteiger charge is 2.80. The molecule has 0 aliphatic heterocycles. The van der Waals surface area contributed by atoms with Gasteiger partial charge >= 0.3 is 0 Å². The fraction of sp³-hybridized carbons (Fsp3) is 0.909. The van der Waals surface area contributed by atoms with Gasteiger partial charge in [0.1, 0.15) is 5.78 Å². The maximum absolute atomic E-state index is 11.9. The minimum Gasteiger partial charge on any atom is -0.299 e. The van der Waals surface area contributed by atoms with Gasteiger partial charge in [-0.3, -0.25) is 4.79 Å². The van der Waals surface area contributed by atoms with E-state index in [1.165, 1.54) is 12.8 Å². The molecule has 1 heteroatoms. The molecule has 62 valence electrons. The van der Waals surface area contributed by atoms with Crippen molar-refractivity contribution in [3.63, 3.8) is 0 Å². The molecule has 0 N–H and O–H groups in total. The highest BCUT2D eigenvalue weighted by molar-refractivity contribution is 5.91. The first-order valence-electron chi connectivity index (χ1n) is 5.41. The Morgan fingerprint density at radius 2 is 1.58 bits per heavy atom. The topological polar surface area (TPSA) is 17.1 Å². The number of rotatable bonds is 0. The fourth-order valence-corrected chi connectivity index (χ4v) is 6.10. The van der Waals surface area contributed by atoms with E-state index in [9.17, 15) is 4.79 Å². The molecule has 0 aromatic carbocycles. The van der Waals surface area contributed by atoms with Gasteiger partial charge in [0, 0.05) is 11.8 Å². The van der Waals surface area contributed by atoms with Gasteiger partial charge < -0.3 is 0 Å². The zero-order valence-corrected chi connectivity index (χ0v) is 6.94. The van der Waals surface area contributed by atoms with Crippen molar-refractivity contribution in [2.24, 2.45) is 47.3 Å². The summed E-state index contributed by atoms with van der Waals surface area (Å²) >= 11 is 0. The fourth-order valence-electron chi connectivity index (χ4n) is 6.10. The van der Waals surface area contributed by atoms with Crippen LogP contribution < -0.4 is 0 Å². The zero-order valence-electron chi connectivity index (χ0n) is 6.94. The molecule has 12 heavy (non-hydrogen) atoms. The van der Waals surface area contributed by atoms with Gasteiger partial charge in [-0.1, -0.05) is 0 Å². The number of fused-ring (bicyclic) bond motifs is 2. The van der Waals surface area contributed by atoms with Crippen molar-refractivity contribution in [3.8, 4) is 0 Å². The molecule has 0 spiro atoms. The predicted molar refractivity (Wildman–Crippen MR) is 42.2 cm³/mol. The highest BCUT2D eigenvalue weighted by atomic mass is 16.1. The molecule has 5 saturated carbocycles. The van der Waals surface area contributed by atoms with Gasteiger partial charge in [-0.05, 0) is 48.3 Å². The van der Waals surface area contributed by atoms with Crippen LogP contribution in [0.2, 0.25) is 0 Å². The Kier molecular flexibility index (Phi) is 0.547. The molecular weight excluding hydrogens is 148 g/mol. The third-order valence-corrected chi connectivity index (χ3v) is 6.02. The van der Waals surface area contributed by atoms with E-state index in [0.717, 1.165) is 35.5 Å². The van der Waals surface area contributed by atoms with Gasteiger partial charge in [-0.2, -0.15) is 0 Å². The molecule has 5 aliphatic rings. The van der Waals surface area contributed by atoms with E-state index in [0.29, 0.717) is 17.6 Å². The van der Waals surface area contributed by atoms with Gasteiger partial charge in [-0.25, -0.2) is 0 Å². The second-order valence-corrected chi connectivity index (χ2v) is 5.74. The second kappa shape index (κ2) is 1.21. The summed E-state index contributed by atoms with van der Waals surface area (Å²) in [6.45, 7) is 0.